The van der Waals surface area contributed by atoms with Crippen LogP contribution in [0.2, 0.25) is 0 Å². The Bertz CT molecular complexity index is 853. The molecule has 0 saturated carbocycles. The van der Waals surface area contributed by atoms with Gasteiger partial charge in [-0.15, -0.1) is 0 Å². The van der Waals surface area contributed by atoms with Crippen molar-refractivity contribution >= 4 is 27.5 Å². The van der Waals surface area contributed by atoms with Crippen LogP contribution in [0.1, 0.15) is 34.5 Å². The number of likely N-dealkylation sites (tertiary alicyclic amines) is 1. The monoisotopic (exact) mass is 413 g/mol. The lowest BCUT2D eigenvalue weighted by atomic mass is 9.85. The molecule has 0 aromatic heterocycles. The number of nitrogens with one attached hydrogen (secondary N) is 1. The Morgan fingerprint density at radius 1 is 1.19 bits per heavy atom. The van der Waals surface area contributed by atoms with E-state index in [9.17, 15) is 4.79 Å². The first-order valence-electron chi connectivity index (χ1n) is 9.08. The van der Waals surface area contributed by atoms with E-state index in [1.165, 1.54) is 0 Å². The standard InChI is InChI=1S/C21H24BrN3O/c1-13-7-8-17(25-12-19-20(25)11-24(19)3)10-18(13)21(26)23-14(2)15-5-4-6-16(22)9-15/h4-10,14,19-20H,11-12H2,1-3H3,(H,23,26)/t14-,19?,20?/m1/s1. The van der Waals surface area contributed by atoms with Gasteiger partial charge >= 0.3 is 0 Å². The Morgan fingerprint density at radius 2 is 2.00 bits per heavy atom. The van der Waals surface area contributed by atoms with E-state index >= 15 is 0 Å². The van der Waals surface area contributed by atoms with E-state index in [0.717, 1.165) is 39.9 Å². The van der Waals surface area contributed by atoms with Crippen LogP contribution in [0.5, 0.6) is 0 Å². The lowest BCUT2D eigenvalue weighted by Gasteiger charge is -2.62. The third-order valence-electron chi connectivity index (χ3n) is 5.76. The molecule has 26 heavy (non-hydrogen) atoms. The lowest BCUT2D eigenvalue weighted by molar-refractivity contribution is 0.0368. The molecule has 0 aliphatic carbocycles. The Hall–Kier alpha value is -1.85. The first kappa shape index (κ1) is 17.6. The van der Waals surface area contributed by atoms with Gasteiger partial charge in [0.2, 0.25) is 0 Å². The molecule has 2 fully saturated rings. The number of aryl methyl sites for hydroxylation is 1. The number of rotatable bonds is 4. The van der Waals surface area contributed by atoms with E-state index < -0.39 is 0 Å². The van der Waals surface area contributed by atoms with Crippen LogP contribution in [0.3, 0.4) is 0 Å². The predicted octanol–water partition coefficient (Wildman–Crippen LogP) is 3.75. The van der Waals surface area contributed by atoms with Crippen molar-refractivity contribution < 1.29 is 4.79 Å². The van der Waals surface area contributed by atoms with Gasteiger partial charge in [-0.3, -0.25) is 9.69 Å². The minimum atomic E-state index is -0.0447. The number of likely N-dealkylation sites (N-methyl/N-ethyl adjacent to an activating group) is 1. The van der Waals surface area contributed by atoms with E-state index in [0.29, 0.717) is 12.1 Å². The average molecular weight is 414 g/mol. The molecule has 2 saturated heterocycles. The molecule has 2 unspecified atom stereocenters. The number of carbonyl (C=O) groups is 1. The maximum atomic E-state index is 12.9. The van der Waals surface area contributed by atoms with Crippen molar-refractivity contribution in [1.82, 2.24) is 10.2 Å². The molecule has 2 aromatic rings. The van der Waals surface area contributed by atoms with Crippen LogP contribution < -0.4 is 10.2 Å². The third kappa shape index (κ3) is 3.03. The van der Waals surface area contributed by atoms with E-state index in [1.807, 2.05) is 44.2 Å². The number of nitrogens with zero attached hydrogens (tertiary/aromatic N) is 2. The van der Waals surface area contributed by atoms with Crippen molar-refractivity contribution in [2.75, 3.05) is 25.0 Å². The number of carbonyl (C=O) groups excluding carboxylic acids is 1. The van der Waals surface area contributed by atoms with Crippen molar-refractivity contribution in [3.8, 4) is 0 Å². The van der Waals surface area contributed by atoms with Crippen LogP contribution in [-0.4, -0.2) is 43.0 Å². The van der Waals surface area contributed by atoms with Gasteiger partial charge < -0.3 is 10.2 Å². The van der Waals surface area contributed by atoms with Crippen molar-refractivity contribution in [2.24, 2.45) is 0 Å². The predicted molar refractivity (Wildman–Crippen MR) is 109 cm³/mol. The number of halogens is 1. The fourth-order valence-corrected chi connectivity index (χ4v) is 4.35. The first-order chi connectivity index (χ1) is 12.4. The first-order valence-corrected chi connectivity index (χ1v) is 9.87. The second-order valence-corrected chi connectivity index (χ2v) is 8.39. The van der Waals surface area contributed by atoms with Gasteiger partial charge in [0.25, 0.3) is 5.91 Å². The van der Waals surface area contributed by atoms with Gasteiger partial charge in [-0.2, -0.15) is 0 Å². The average Bonchev–Trinajstić information content (AvgIpc) is 2.60. The normalized spacial score (nSPS) is 22.8. The maximum Gasteiger partial charge on any atom is 0.252 e. The van der Waals surface area contributed by atoms with Crippen LogP contribution in [0.4, 0.5) is 5.69 Å². The minimum Gasteiger partial charge on any atom is -0.364 e. The highest BCUT2D eigenvalue weighted by Crippen LogP contribution is 2.36. The highest BCUT2D eigenvalue weighted by molar-refractivity contribution is 9.10. The van der Waals surface area contributed by atoms with Gasteiger partial charge in [0, 0.05) is 34.9 Å². The van der Waals surface area contributed by atoms with Gasteiger partial charge in [0.15, 0.2) is 0 Å². The van der Waals surface area contributed by atoms with Crippen LogP contribution in [0.15, 0.2) is 46.9 Å². The Kier molecular flexibility index (Phi) is 4.53. The second-order valence-electron chi connectivity index (χ2n) is 7.48. The smallest absolute Gasteiger partial charge is 0.252 e. The number of anilines is 1. The summed E-state index contributed by atoms with van der Waals surface area (Å²) in [5, 5.41) is 3.14. The summed E-state index contributed by atoms with van der Waals surface area (Å²) in [5.41, 5.74) is 4.02. The largest absolute Gasteiger partial charge is 0.364 e. The zero-order valence-corrected chi connectivity index (χ0v) is 17.0. The molecule has 5 heteroatoms. The number of amides is 1. The Morgan fingerprint density at radius 3 is 2.65 bits per heavy atom. The van der Waals surface area contributed by atoms with E-state index in [-0.39, 0.29) is 11.9 Å². The van der Waals surface area contributed by atoms with Crippen LogP contribution >= 0.6 is 15.9 Å². The summed E-state index contributed by atoms with van der Waals surface area (Å²) in [7, 11) is 2.18. The van der Waals surface area contributed by atoms with Crippen LogP contribution in [-0.2, 0) is 0 Å². The zero-order chi connectivity index (χ0) is 18.4. The molecule has 0 bridgehead atoms. The lowest BCUT2D eigenvalue weighted by Crippen LogP contribution is -2.78. The summed E-state index contributed by atoms with van der Waals surface area (Å²) in [5.74, 6) is -0.0142. The molecule has 0 radical (unpaired) electrons. The number of hydrogen-bond acceptors (Lipinski definition) is 3. The molecule has 2 aliphatic rings. The van der Waals surface area contributed by atoms with Crippen molar-refractivity contribution in [2.45, 2.75) is 32.0 Å². The molecule has 2 aromatic carbocycles. The summed E-state index contributed by atoms with van der Waals surface area (Å²) in [6.07, 6.45) is 0. The molecule has 1 amide bonds. The summed E-state index contributed by atoms with van der Waals surface area (Å²) < 4.78 is 1.02. The number of piperazine rings is 1. The molecule has 4 rings (SSSR count). The van der Waals surface area contributed by atoms with Gasteiger partial charge in [-0.05, 0) is 56.3 Å². The number of fused-ring (bicyclic) bond motifs is 1. The molecule has 0 spiro atoms. The van der Waals surface area contributed by atoms with Gasteiger partial charge in [-0.1, -0.05) is 34.1 Å². The highest BCUT2D eigenvalue weighted by atomic mass is 79.9. The molecule has 3 atom stereocenters. The zero-order valence-electron chi connectivity index (χ0n) is 15.4. The molecule has 4 nitrogen and oxygen atoms in total. The molecule has 1 N–H and O–H groups in total. The molecule has 2 heterocycles. The fourth-order valence-electron chi connectivity index (χ4n) is 3.94. The third-order valence-corrected chi connectivity index (χ3v) is 6.26. The van der Waals surface area contributed by atoms with Crippen molar-refractivity contribution in [1.29, 1.82) is 0 Å². The van der Waals surface area contributed by atoms with Crippen LogP contribution in [0.25, 0.3) is 0 Å². The maximum absolute atomic E-state index is 12.9. The molecular weight excluding hydrogens is 390 g/mol. The van der Waals surface area contributed by atoms with Crippen LogP contribution in [0, 0.1) is 6.92 Å². The van der Waals surface area contributed by atoms with E-state index in [4.69, 9.17) is 0 Å². The number of hydrogen-bond donors (Lipinski definition) is 1. The summed E-state index contributed by atoms with van der Waals surface area (Å²) in [6, 6.07) is 15.6. The van der Waals surface area contributed by atoms with Gasteiger partial charge in [-0.25, -0.2) is 0 Å². The Labute approximate surface area is 163 Å². The van der Waals surface area contributed by atoms with Crippen molar-refractivity contribution in [3.05, 3.63) is 63.6 Å². The van der Waals surface area contributed by atoms with E-state index in [2.05, 4.69) is 50.2 Å². The molecule has 136 valence electrons. The summed E-state index contributed by atoms with van der Waals surface area (Å²) in [6.45, 7) is 6.18. The molecule has 2 aliphatic heterocycles. The minimum absolute atomic E-state index is 0.0142. The van der Waals surface area contributed by atoms with E-state index in [1.54, 1.807) is 0 Å². The highest BCUT2D eigenvalue weighted by Gasteiger charge is 2.49. The summed E-state index contributed by atoms with van der Waals surface area (Å²) >= 11 is 3.49. The SMILES string of the molecule is Cc1ccc(N2CC3C2CN3C)cc1C(=O)N[C@H](C)c1cccc(Br)c1. The Balaban J connectivity index is 1.50. The fraction of sp³-hybridized carbons (Fsp3) is 0.381. The topological polar surface area (TPSA) is 35.6 Å². The van der Waals surface area contributed by atoms with Gasteiger partial charge in [0.05, 0.1) is 12.1 Å². The molecular formula is C21H24BrN3O. The second kappa shape index (κ2) is 6.71. The number of benzene rings is 2. The summed E-state index contributed by atoms with van der Waals surface area (Å²) in [4.78, 5) is 17.7. The van der Waals surface area contributed by atoms with Crippen molar-refractivity contribution in [3.63, 3.8) is 0 Å². The van der Waals surface area contributed by atoms with Gasteiger partial charge in [0.1, 0.15) is 0 Å². The quantitative estimate of drug-likeness (QED) is 0.828.